The summed E-state index contributed by atoms with van der Waals surface area (Å²) in [6.45, 7) is 4.44. The van der Waals surface area contributed by atoms with Crippen LogP contribution < -0.4 is 5.32 Å². The fourth-order valence-electron chi connectivity index (χ4n) is 2.69. The van der Waals surface area contributed by atoms with Gasteiger partial charge in [-0.15, -0.1) is 0 Å². The molecule has 1 aromatic rings. The van der Waals surface area contributed by atoms with Gasteiger partial charge in [-0.1, -0.05) is 12.1 Å². The van der Waals surface area contributed by atoms with Crippen LogP contribution in [0.25, 0.3) is 0 Å². The summed E-state index contributed by atoms with van der Waals surface area (Å²) in [5.74, 6) is 0.379. The second-order valence-corrected chi connectivity index (χ2v) is 5.46. The van der Waals surface area contributed by atoms with Crippen molar-refractivity contribution in [3.05, 3.63) is 29.8 Å². The van der Waals surface area contributed by atoms with Crippen molar-refractivity contribution in [3.8, 4) is 5.75 Å². The van der Waals surface area contributed by atoms with Gasteiger partial charge < -0.3 is 15.3 Å². The van der Waals surface area contributed by atoms with E-state index in [0.717, 1.165) is 18.7 Å². The van der Waals surface area contributed by atoms with E-state index in [0.29, 0.717) is 6.54 Å². The second kappa shape index (κ2) is 6.24. The van der Waals surface area contributed by atoms with Crippen LogP contribution in [0.5, 0.6) is 5.75 Å². The smallest absolute Gasteiger partial charge is 0.240 e. The van der Waals surface area contributed by atoms with Gasteiger partial charge in [0.2, 0.25) is 5.91 Å². The van der Waals surface area contributed by atoms with Gasteiger partial charge >= 0.3 is 0 Å². The Balaban J connectivity index is 2.21. The highest BCUT2D eigenvalue weighted by Gasteiger charge is 2.33. The molecule has 0 aliphatic carbocycles. The van der Waals surface area contributed by atoms with Gasteiger partial charge in [-0.2, -0.15) is 0 Å². The van der Waals surface area contributed by atoms with Crippen LogP contribution in [0.4, 0.5) is 0 Å². The van der Waals surface area contributed by atoms with E-state index in [2.05, 4.69) is 17.1 Å². The molecule has 1 fully saturated rings. The highest BCUT2D eigenvalue weighted by molar-refractivity contribution is 5.81. The van der Waals surface area contributed by atoms with E-state index in [-0.39, 0.29) is 23.7 Å². The summed E-state index contributed by atoms with van der Waals surface area (Å²) in [4.78, 5) is 16.1. The topological polar surface area (TPSA) is 55.8 Å². The van der Waals surface area contributed by atoms with Crippen molar-refractivity contribution >= 4 is 5.91 Å². The fourth-order valence-corrected chi connectivity index (χ4v) is 2.69. The number of hydrogen-bond acceptors (Lipinski definition) is 4. The lowest BCUT2D eigenvalue weighted by molar-refractivity contribution is -0.136. The Labute approximate surface area is 120 Å². The molecule has 2 rings (SSSR count). The van der Waals surface area contributed by atoms with E-state index in [1.807, 2.05) is 12.1 Å². The van der Waals surface area contributed by atoms with Gasteiger partial charge in [0.25, 0.3) is 0 Å². The SMILES string of the molecule is CC(c1cccc(O)c1)N1CCNCC1C(=O)N(C)C. The zero-order valence-electron chi connectivity index (χ0n) is 12.3. The van der Waals surface area contributed by atoms with Gasteiger partial charge in [0.1, 0.15) is 11.8 Å². The molecular formula is C15H23N3O2. The van der Waals surface area contributed by atoms with Crippen LogP contribution in [-0.4, -0.2) is 60.6 Å². The van der Waals surface area contributed by atoms with Crippen LogP contribution in [0.1, 0.15) is 18.5 Å². The number of hydrogen-bond donors (Lipinski definition) is 2. The summed E-state index contributed by atoms with van der Waals surface area (Å²) < 4.78 is 0. The average molecular weight is 277 g/mol. The molecule has 2 N–H and O–H groups in total. The molecular weight excluding hydrogens is 254 g/mol. The van der Waals surface area contributed by atoms with Gasteiger partial charge in [-0.05, 0) is 24.6 Å². The fraction of sp³-hybridized carbons (Fsp3) is 0.533. The molecule has 0 bridgehead atoms. The molecule has 1 heterocycles. The molecule has 1 amide bonds. The van der Waals surface area contributed by atoms with Crippen LogP contribution in [0.15, 0.2) is 24.3 Å². The third-order valence-electron chi connectivity index (χ3n) is 3.86. The number of amides is 1. The van der Waals surface area contributed by atoms with Crippen molar-refractivity contribution < 1.29 is 9.90 Å². The maximum atomic E-state index is 12.3. The first-order valence-electron chi connectivity index (χ1n) is 6.97. The van der Waals surface area contributed by atoms with Crippen LogP contribution in [0, 0.1) is 0 Å². The van der Waals surface area contributed by atoms with E-state index in [1.165, 1.54) is 0 Å². The summed E-state index contributed by atoms with van der Waals surface area (Å²) in [7, 11) is 3.57. The number of carbonyl (C=O) groups excluding carboxylic acids is 1. The summed E-state index contributed by atoms with van der Waals surface area (Å²) in [5, 5.41) is 12.9. The molecule has 0 aromatic heterocycles. The number of phenols is 1. The lowest BCUT2D eigenvalue weighted by Gasteiger charge is -2.40. The first kappa shape index (κ1) is 14.8. The molecule has 0 radical (unpaired) electrons. The molecule has 5 heteroatoms. The van der Waals surface area contributed by atoms with Crippen molar-refractivity contribution in [1.29, 1.82) is 0 Å². The predicted octanol–water partition coefficient (Wildman–Crippen LogP) is 0.815. The first-order valence-corrected chi connectivity index (χ1v) is 6.97. The minimum Gasteiger partial charge on any atom is -0.508 e. The molecule has 2 unspecified atom stereocenters. The number of benzene rings is 1. The molecule has 1 saturated heterocycles. The zero-order valence-corrected chi connectivity index (χ0v) is 12.3. The van der Waals surface area contributed by atoms with Crippen molar-refractivity contribution in [2.75, 3.05) is 33.7 Å². The Morgan fingerprint density at radius 2 is 2.25 bits per heavy atom. The van der Waals surface area contributed by atoms with E-state index < -0.39 is 0 Å². The number of rotatable bonds is 3. The van der Waals surface area contributed by atoms with Crippen LogP contribution in [0.2, 0.25) is 0 Å². The van der Waals surface area contributed by atoms with Crippen molar-refractivity contribution in [2.45, 2.75) is 19.0 Å². The first-order chi connectivity index (χ1) is 9.50. The van der Waals surface area contributed by atoms with E-state index >= 15 is 0 Å². The molecule has 1 aliphatic rings. The summed E-state index contributed by atoms with van der Waals surface area (Å²) in [5.41, 5.74) is 1.03. The molecule has 1 aromatic carbocycles. The molecule has 2 atom stereocenters. The van der Waals surface area contributed by atoms with Gasteiger partial charge in [0, 0.05) is 39.8 Å². The Morgan fingerprint density at radius 1 is 1.50 bits per heavy atom. The van der Waals surface area contributed by atoms with Gasteiger partial charge in [0.15, 0.2) is 0 Å². The third-order valence-corrected chi connectivity index (χ3v) is 3.86. The molecule has 1 aliphatic heterocycles. The Hall–Kier alpha value is -1.59. The number of nitrogens with one attached hydrogen (secondary N) is 1. The second-order valence-electron chi connectivity index (χ2n) is 5.46. The summed E-state index contributed by atoms with van der Waals surface area (Å²) in [6, 6.07) is 7.20. The standard InChI is InChI=1S/C15H23N3O2/c1-11(12-5-4-6-13(19)9-12)18-8-7-16-10-14(18)15(20)17(2)3/h4-6,9,11,14,16,19H,7-8,10H2,1-3H3. The van der Waals surface area contributed by atoms with Crippen molar-refractivity contribution in [2.24, 2.45) is 0 Å². The quantitative estimate of drug-likeness (QED) is 0.859. The average Bonchev–Trinajstić information content (AvgIpc) is 2.45. The number of likely N-dealkylation sites (N-methyl/N-ethyl adjacent to an activating group) is 1. The van der Waals surface area contributed by atoms with Gasteiger partial charge in [-0.3, -0.25) is 9.69 Å². The Morgan fingerprint density at radius 3 is 2.90 bits per heavy atom. The summed E-state index contributed by atoms with van der Waals surface area (Å²) in [6.07, 6.45) is 0. The highest BCUT2D eigenvalue weighted by Crippen LogP contribution is 2.26. The van der Waals surface area contributed by atoms with Gasteiger partial charge in [-0.25, -0.2) is 0 Å². The van der Waals surface area contributed by atoms with Crippen molar-refractivity contribution in [3.63, 3.8) is 0 Å². The van der Waals surface area contributed by atoms with E-state index in [4.69, 9.17) is 0 Å². The van der Waals surface area contributed by atoms with Gasteiger partial charge in [0.05, 0.1) is 0 Å². The lowest BCUT2D eigenvalue weighted by Crippen LogP contribution is -2.58. The van der Waals surface area contributed by atoms with Crippen LogP contribution in [0.3, 0.4) is 0 Å². The largest absolute Gasteiger partial charge is 0.508 e. The highest BCUT2D eigenvalue weighted by atomic mass is 16.3. The minimum absolute atomic E-state index is 0.0955. The Kier molecular flexibility index (Phi) is 4.62. The molecule has 0 spiro atoms. The Bertz CT molecular complexity index is 476. The third kappa shape index (κ3) is 3.11. The number of nitrogens with zero attached hydrogens (tertiary/aromatic N) is 2. The van der Waals surface area contributed by atoms with Crippen molar-refractivity contribution in [1.82, 2.24) is 15.1 Å². The zero-order chi connectivity index (χ0) is 14.7. The number of piperazine rings is 1. The van der Waals surface area contributed by atoms with Crippen LogP contribution >= 0.6 is 0 Å². The number of phenolic OH excluding ortho intramolecular Hbond substituents is 1. The van der Waals surface area contributed by atoms with Crippen LogP contribution in [-0.2, 0) is 4.79 Å². The molecule has 110 valence electrons. The monoisotopic (exact) mass is 277 g/mol. The van der Waals surface area contributed by atoms with E-state index in [9.17, 15) is 9.90 Å². The molecule has 5 nitrogen and oxygen atoms in total. The number of carbonyl (C=O) groups is 1. The lowest BCUT2D eigenvalue weighted by atomic mass is 10.0. The maximum absolute atomic E-state index is 12.3. The normalized spacial score (nSPS) is 21.4. The molecule has 20 heavy (non-hydrogen) atoms. The maximum Gasteiger partial charge on any atom is 0.240 e. The summed E-state index contributed by atoms with van der Waals surface area (Å²) >= 11 is 0. The minimum atomic E-state index is -0.156. The number of aromatic hydroxyl groups is 1. The predicted molar refractivity (Wildman–Crippen MR) is 78.6 cm³/mol. The molecule has 0 saturated carbocycles. The van der Waals surface area contributed by atoms with E-state index in [1.54, 1.807) is 31.1 Å².